The van der Waals surface area contributed by atoms with Crippen LogP contribution in [-0.4, -0.2) is 29.5 Å². The van der Waals surface area contributed by atoms with Gasteiger partial charge in [0.05, 0.1) is 23.0 Å². The molecule has 0 radical (unpaired) electrons. The van der Waals surface area contributed by atoms with E-state index < -0.39 is 11.7 Å². The summed E-state index contributed by atoms with van der Waals surface area (Å²) in [5, 5.41) is 15.2. The number of allylic oxidation sites excluding steroid dienone is 3. The van der Waals surface area contributed by atoms with Gasteiger partial charge in [0.2, 0.25) is 5.90 Å². The molecule has 0 aliphatic carbocycles. The van der Waals surface area contributed by atoms with Crippen molar-refractivity contribution in [2.75, 3.05) is 7.11 Å². The number of hydrogen-bond donors (Lipinski definition) is 0. The summed E-state index contributed by atoms with van der Waals surface area (Å²) < 4.78 is 19.5. The summed E-state index contributed by atoms with van der Waals surface area (Å²) in [6.07, 6.45) is 3.85. The monoisotopic (exact) mass is 770 g/mol. The first-order valence-electron chi connectivity index (χ1n) is 17.8. The molecular formula is C46H34N4O4Zn. The molecule has 55 heavy (non-hydrogen) atoms. The Hall–Kier alpha value is -6.15. The predicted molar refractivity (Wildman–Crippen MR) is 207 cm³/mol. The summed E-state index contributed by atoms with van der Waals surface area (Å²) >= 11 is 0. The first-order valence-corrected chi connectivity index (χ1v) is 17.8. The van der Waals surface area contributed by atoms with Crippen molar-refractivity contribution in [1.82, 2.24) is 9.97 Å². The molecule has 9 heteroatoms. The molecule has 2 aromatic heterocycles. The smallest absolute Gasteiger partial charge is 0.657 e. The fraction of sp³-hybridized carbons (Fsp3) is 0.109. The molecule has 0 spiro atoms. The molecule has 0 saturated carbocycles. The van der Waals surface area contributed by atoms with Crippen LogP contribution in [-0.2, 0) is 29.0 Å². The van der Waals surface area contributed by atoms with E-state index in [1.165, 1.54) is 0 Å². The quantitative estimate of drug-likeness (QED) is 0.173. The Balaban J connectivity index is 0.00000427. The van der Waals surface area contributed by atoms with E-state index in [0.717, 1.165) is 27.8 Å². The normalized spacial score (nSPS) is 17.7. The average molecular weight is 772 g/mol. The minimum atomic E-state index is -1.29. The maximum Gasteiger partial charge on any atom is 2.00 e. The Kier molecular flexibility index (Phi) is 9.51. The summed E-state index contributed by atoms with van der Waals surface area (Å²) in [5.41, 5.74) is 7.73. The van der Waals surface area contributed by atoms with Crippen LogP contribution in [0, 0.1) is 5.92 Å². The zero-order valence-corrected chi connectivity index (χ0v) is 33.5. The maximum atomic E-state index is 14.0. The number of aromatic nitrogens is 2. The zero-order valence-electron chi connectivity index (χ0n) is 30.6. The van der Waals surface area contributed by atoms with Crippen LogP contribution < -0.4 is 20.8 Å². The standard InChI is InChI=1S/C46H35N4O4.Zn/c1-28(2)46(52-3)42-38(30-18-10-5-11-19-30)34-25-24-33(47-34)37(29-16-8-4-9-17-29)41-45(51)53-43(49-41)39(31-20-12-6-13-21-31)35-26-27-36(48-35)40(44(50-42)54-46)32-22-14-7-15-23-32;/h4-28H,1-3H3,(H-,47,48,49,50,51);/q-1;+2/p-1. The molecule has 0 saturated heterocycles. The summed E-state index contributed by atoms with van der Waals surface area (Å²) in [7, 11) is 1.65. The number of ether oxygens (including phenoxy) is 2. The minimum absolute atomic E-state index is 0. The third kappa shape index (κ3) is 6.16. The topological polar surface area (TPSA) is 106 Å². The summed E-state index contributed by atoms with van der Waals surface area (Å²) in [6.45, 7) is 4.11. The van der Waals surface area contributed by atoms with E-state index in [9.17, 15) is 5.11 Å². The van der Waals surface area contributed by atoms with Gasteiger partial charge >= 0.3 is 19.5 Å². The number of oxazole rings is 1. The number of fused-ring (bicyclic) bond motifs is 6. The van der Waals surface area contributed by atoms with Crippen LogP contribution in [0.3, 0.4) is 0 Å². The van der Waals surface area contributed by atoms with Gasteiger partial charge in [-0.3, -0.25) is 0 Å². The van der Waals surface area contributed by atoms with Gasteiger partial charge in [0.15, 0.2) is 0 Å². The van der Waals surface area contributed by atoms with E-state index >= 15 is 0 Å². The van der Waals surface area contributed by atoms with Crippen LogP contribution in [0.4, 0.5) is 0 Å². The molecule has 0 fully saturated rings. The molecule has 9 rings (SSSR count). The van der Waals surface area contributed by atoms with Crippen molar-refractivity contribution in [2.45, 2.75) is 19.6 Å². The van der Waals surface area contributed by atoms with Crippen molar-refractivity contribution in [3.8, 4) is 5.95 Å². The summed E-state index contributed by atoms with van der Waals surface area (Å²) in [4.78, 5) is 20.8. The van der Waals surface area contributed by atoms with Gasteiger partial charge in [-0.1, -0.05) is 147 Å². The zero-order chi connectivity index (χ0) is 36.8. The second kappa shape index (κ2) is 14.6. The fourth-order valence-electron chi connectivity index (χ4n) is 7.34. The number of hydrogen-bond acceptors (Lipinski definition) is 7. The third-order valence-corrected chi connectivity index (χ3v) is 9.91. The van der Waals surface area contributed by atoms with Crippen molar-refractivity contribution in [1.29, 1.82) is 0 Å². The van der Waals surface area contributed by atoms with Gasteiger partial charge < -0.3 is 24.0 Å². The van der Waals surface area contributed by atoms with E-state index in [1.807, 2.05) is 146 Å². The van der Waals surface area contributed by atoms with E-state index in [0.29, 0.717) is 50.4 Å². The average Bonchev–Trinajstić information content (AvgIpc) is 4.02. The summed E-state index contributed by atoms with van der Waals surface area (Å²) in [5.74, 6) is -1.54. The number of nitrogens with zero attached hydrogens (tertiary/aromatic N) is 4. The largest absolute Gasteiger partial charge is 2.00 e. The molecular weight excluding hydrogens is 738 g/mol. The van der Waals surface area contributed by atoms with Crippen LogP contribution in [0.25, 0.3) is 22.3 Å². The molecule has 3 aliphatic rings. The van der Waals surface area contributed by atoms with Crippen molar-refractivity contribution in [2.24, 2.45) is 15.9 Å². The predicted octanol–water partition coefficient (Wildman–Crippen LogP) is 6.77. The molecule has 8 nitrogen and oxygen atoms in total. The molecule has 5 heterocycles. The van der Waals surface area contributed by atoms with Crippen molar-refractivity contribution >= 4 is 33.9 Å². The van der Waals surface area contributed by atoms with Crippen molar-refractivity contribution < 1.29 is 38.5 Å². The Morgan fingerprint density at radius 3 is 1.69 bits per heavy atom. The van der Waals surface area contributed by atoms with Crippen molar-refractivity contribution in [3.05, 3.63) is 202 Å². The van der Waals surface area contributed by atoms with Crippen LogP contribution in [0.1, 0.15) is 47.7 Å². The van der Waals surface area contributed by atoms with Crippen LogP contribution in [0.2, 0.25) is 0 Å². The maximum absolute atomic E-state index is 14.0. The van der Waals surface area contributed by atoms with Gasteiger partial charge in [-0.2, -0.15) is 0 Å². The van der Waals surface area contributed by atoms with Gasteiger partial charge in [0, 0.05) is 35.3 Å². The summed E-state index contributed by atoms with van der Waals surface area (Å²) in [6, 6.07) is 43.1. The molecule has 3 aliphatic heterocycles. The number of benzene rings is 4. The first kappa shape index (κ1) is 35.9. The molecule has 264 valence electrons. The molecule has 0 N–H and O–H groups in total. The number of methoxy groups -OCH3 is 1. The van der Waals surface area contributed by atoms with Crippen LogP contribution >= 0.6 is 0 Å². The molecule has 8 bridgehead atoms. The Morgan fingerprint density at radius 2 is 1.15 bits per heavy atom. The van der Waals surface area contributed by atoms with E-state index in [2.05, 4.69) is 13.8 Å². The van der Waals surface area contributed by atoms with Gasteiger partial charge in [0.25, 0.3) is 5.79 Å². The molecule has 6 aromatic rings. The van der Waals surface area contributed by atoms with Crippen LogP contribution in [0.15, 0.2) is 171 Å². The Labute approximate surface area is 331 Å². The third-order valence-electron chi connectivity index (χ3n) is 9.91. The Bertz CT molecular complexity index is 2690. The van der Waals surface area contributed by atoms with Crippen LogP contribution in [0.5, 0.6) is 5.95 Å². The molecule has 4 aromatic carbocycles. The second-order valence-corrected chi connectivity index (χ2v) is 13.4. The number of aliphatic imine (C=N–C) groups is 2. The molecule has 1 unspecified atom stereocenters. The molecule has 1 atom stereocenters. The van der Waals surface area contributed by atoms with E-state index in [-0.39, 0.29) is 37.0 Å². The second-order valence-electron chi connectivity index (χ2n) is 13.4. The fourth-order valence-corrected chi connectivity index (χ4v) is 7.34. The van der Waals surface area contributed by atoms with E-state index in [4.69, 9.17) is 33.8 Å². The van der Waals surface area contributed by atoms with Gasteiger partial charge in [0.1, 0.15) is 11.6 Å². The SMILES string of the molecule is COC1(C(C)C)OC2=NC1=C(c1ccccc1)C1=NC(=C(c3ccccc3)c3nc(oc3[O-])C(c3ccccc3)=c3ccc([n-]3)=C2c2ccccc2)C=C1.[Zn+2]. The van der Waals surface area contributed by atoms with E-state index in [1.54, 1.807) is 7.11 Å². The van der Waals surface area contributed by atoms with Gasteiger partial charge in [-0.25, -0.2) is 15.0 Å². The van der Waals surface area contributed by atoms with Crippen molar-refractivity contribution in [3.63, 3.8) is 0 Å². The minimum Gasteiger partial charge on any atom is -0.657 e. The van der Waals surface area contributed by atoms with Gasteiger partial charge in [-0.05, 0) is 34.4 Å². The Morgan fingerprint density at radius 1 is 0.636 bits per heavy atom. The van der Waals surface area contributed by atoms with Gasteiger partial charge in [-0.15, -0.1) is 10.7 Å². The molecule has 0 amide bonds. The first-order chi connectivity index (χ1) is 26.4. The number of rotatable bonds is 6.